The zero-order valence-electron chi connectivity index (χ0n) is 16.4. The van der Waals surface area contributed by atoms with Gasteiger partial charge in [-0.2, -0.15) is 5.26 Å². The zero-order chi connectivity index (χ0) is 20.3. The Balaban J connectivity index is 1.89. The molecule has 0 fully saturated rings. The molecule has 0 radical (unpaired) electrons. The van der Waals surface area contributed by atoms with Crippen molar-refractivity contribution in [3.63, 3.8) is 0 Å². The Morgan fingerprint density at radius 3 is 2.46 bits per heavy atom. The van der Waals surface area contributed by atoms with Crippen LogP contribution in [0.1, 0.15) is 27.9 Å². The molecule has 1 N–H and O–H groups in total. The minimum atomic E-state index is -0.339. The highest BCUT2D eigenvalue weighted by atomic mass is 16.5. The predicted octanol–water partition coefficient (Wildman–Crippen LogP) is 4.00. The maximum atomic E-state index is 12.6. The van der Waals surface area contributed by atoms with Crippen molar-refractivity contribution in [1.29, 1.82) is 5.26 Å². The van der Waals surface area contributed by atoms with Gasteiger partial charge in [0, 0.05) is 11.9 Å². The number of rotatable bonds is 5. The maximum absolute atomic E-state index is 12.6. The number of pyridine rings is 1. The largest absolute Gasteiger partial charge is 0.483 e. The number of hydrogen-bond acceptors (Lipinski definition) is 4. The molecule has 0 aliphatic carbocycles. The van der Waals surface area contributed by atoms with Crippen molar-refractivity contribution in [2.45, 2.75) is 27.7 Å². The number of nitrogens with zero attached hydrogens (tertiary/aromatic N) is 3. The molecule has 3 aromatic rings. The Morgan fingerprint density at radius 2 is 1.86 bits per heavy atom. The summed E-state index contributed by atoms with van der Waals surface area (Å²) >= 11 is 0. The van der Waals surface area contributed by atoms with Crippen LogP contribution in [0.15, 0.2) is 42.6 Å². The van der Waals surface area contributed by atoms with Gasteiger partial charge in [-0.15, -0.1) is 0 Å². The van der Waals surface area contributed by atoms with E-state index in [2.05, 4.69) is 16.4 Å². The van der Waals surface area contributed by atoms with E-state index < -0.39 is 0 Å². The van der Waals surface area contributed by atoms with Crippen LogP contribution in [0.2, 0.25) is 0 Å². The summed E-state index contributed by atoms with van der Waals surface area (Å²) in [7, 11) is 0. The summed E-state index contributed by atoms with van der Waals surface area (Å²) in [5, 5.41) is 12.4. The number of carbonyl (C=O) groups excluding carboxylic acids is 1. The summed E-state index contributed by atoms with van der Waals surface area (Å²) in [5.41, 5.74) is 4.01. The molecule has 0 atom stereocenters. The molecule has 0 aliphatic rings. The number of benzene rings is 1. The molecule has 0 saturated carbocycles. The van der Waals surface area contributed by atoms with E-state index in [-0.39, 0.29) is 12.5 Å². The van der Waals surface area contributed by atoms with Crippen molar-refractivity contribution in [1.82, 2.24) is 9.55 Å². The number of aryl methyl sites for hydroxylation is 2. The van der Waals surface area contributed by atoms with Gasteiger partial charge in [-0.3, -0.25) is 9.36 Å². The van der Waals surface area contributed by atoms with Crippen LogP contribution in [-0.2, 0) is 4.79 Å². The lowest BCUT2D eigenvalue weighted by Gasteiger charge is -2.14. The Labute approximate surface area is 164 Å². The molecule has 1 amide bonds. The van der Waals surface area contributed by atoms with Gasteiger partial charge < -0.3 is 10.1 Å². The molecule has 0 unspecified atom stereocenters. The summed E-state index contributed by atoms with van der Waals surface area (Å²) in [6.07, 6.45) is 1.67. The first-order chi connectivity index (χ1) is 13.4. The van der Waals surface area contributed by atoms with E-state index in [1.165, 1.54) is 0 Å². The first-order valence-electron chi connectivity index (χ1n) is 8.96. The van der Waals surface area contributed by atoms with Gasteiger partial charge in [0.05, 0.1) is 5.56 Å². The number of hydrogen-bond donors (Lipinski definition) is 1. The summed E-state index contributed by atoms with van der Waals surface area (Å²) in [4.78, 5) is 17.0. The first kappa shape index (κ1) is 19.2. The van der Waals surface area contributed by atoms with Crippen LogP contribution in [0.3, 0.4) is 0 Å². The van der Waals surface area contributed by atoms with Crippen molar-refractivity contribution in [2.24, 2.45) is 0 Å². The highest BCUT2D eigenvalue weighted by Gasteiger charge is 2.21. The molecular formula is C22H22N4O2. The number of aromatic nitrogens is 2. The molecule has 1 aromatic carbocycles. The Morgan fingerprint density at radius 1 is 1.14 bits per heavy atom. The molecule has 6 nitrogen and oxygen atoms in total. The monoisotopic (exact) mass is 374 g/mol. The number of para-hydroxylation sites is 1. The van der Waals surface area contributed by atoms with Gasteiger partial charge in [-0.1, -0.05) is 24.3 Å². The van der Waals surface area contributed by atoms with Crippen LogP contribution in [0, 0.1) is 39.0 Å². The third-order valence-corrected chi connectivity index (χ3v) is 4.72. The molecule has 0 saturated heterocycles. The van der Waals surface area contributed by atoms with Crippen LogP contribution in [0.5, 0.6) is 5.75 Å². The Kier molecular flexibility index (Phi) is 5.46. The standard InChI is InChI=1S/C22H22N4O2/c1-14-8-7-9-15(2)21(14)28-13-20(27)25-22-18(12-23)16(3)17(4)26(22)19-10-5-6-11-24-19/h5-11H,13H2,1-4H3,(H,25,27). The summed E-state index contributed by atoms with van der Waals surface area (Å²) in [6.45, 7) is 7.48. The summed E-state index contributed by atoms with van der Waals surface area (Å²) in [5.74, 6) is 1.40. The van der Waals surface area contributed by atoms with Gasteiger partial charge in [0.25, 0.3) is 5.91 Å². The number of anilines is 1. The Bertz CT molecular complexity index is 1040. The van der Waals surface area contributed by atoms with E-state index in [1.54, 1.807) is 10.8 Å². The molecule has 2 aromatic heterocycles. The molecule has 142 valence electrons. The normalized spacial score (nSPS) is 10.4. The van der Waals surface area contributed by atoms with Crippen LogP contribution >= 0.6 is 0 Å². The molecule has 3 rings (SSSR count). The third-order valence-electron chi connectivity index (χ3n) is 4.72. The predicted molar refractivity (Wildman–Crippen MR) is 108 cm³/mol. The van der Waals surface area contributed by atoms with Crippen molar-refractivity contribution in [3.8, 4) is 17.6 Å². The third kappa shape index (κ3) is 3.60. The van der Waals surface area contributed by atoms with E-state index in [4.69, 9.17) is 4.74 Å². The van der Waals surface area contributed by atoms with Crippen molar-refractivity contribution in [2.75, 3.05) is 11.9 Å². The number of carbonyl (C=O) groups is 1. The fraction of sp³-hybridized carbons (Fsp3) is 0.227. The average molecular weight is 374 g/mol. The quantitative estimate of drug-likeness (QED) is 0.732. The smallest absolute Gasteiger partial charge is 0.263 e. The molecule has 0 aliphatic heterocycles. The van der Waals surface area contributed by atoms with Crippen molar-refractivity contribution >= 4 is 11.7 Å². The zero-order valence-corrected chi connectivity index (χ0v) is 16.4. The second-order valence-corrected chi connectivity index (χ2v) is 6.63. The molecule has 0 spiro atoms. The molecule has 28 heavy (non-hydrogen) atoms. The lowest BCUT2D eigenvalue weighted by molar-refractivity contribution is -0.118. The Hall–Kier alpha value is -3.59. The van der Waals surface area contributed by atoms with Gasteiger partial charge >= 0.3 is 0 Å². The average Bonchev–Trinajstić information content (AvgIpc) is 2.91. The fourth-order valence-corrected chi connectivity index (χ4v) is 3.17. The highest BCUT2D eigenvalue weighted by Crippen LogP contribution is 2.29. The van der Waals surface area contributed by atoms with E-state index in [1.807, 2.05) is 64.1 Å². The lowest BCUT2D eigenvalue weighted by Crippen LogP contribution is -2.23. The van der Waals surface area contributed by atoms with Gasteiger partial charge in [-0.25, -0.2) is 4.98 Å². The van der Waals surface area contributed by atoms with Gasteiger partial charge in [-0.05, 0) is 56.5 Å². The number of nitriles is 1. The highest BCUT2D eigenvalue weighted by molar-refractivity contribution is 5.93. The number of amides is 1. The molecular weight excluding hydrogens is 352 g/mol. The number of ether oxygens (including phenoxy) is 1. The topological polar surface area (TPSA) is 79.9 Å². The SMILES string of the molecule is Cc1cccc(C)c1OCC(=O)Nc1c(C#N)c(C)c(C)n1-c1ccccn1. The van der Waals surface area contributed by atoms with Crippen LogP contribution < -0.4 is 10.1 Å². The van der Waals surface area contributed by atoms with Crippen LogP contribution in [-0.4, -0.2) is 22.1 Å². The van der Waals surface area contributed by atoms with Crippen LogP contribution in [0.25, 0.3) is 5.82 Å². The number of nitrogens with one attached hydrogen (secondary N) is 1. The summed E-state index contributed by atoms with van der Waals surface area (Å²) in [6, 6.07) is 13.5. The molecule has 6 heteroatoms. The second kappa shape index (κ2) is 7.97. The van der Waals surface area contributed by atoms with E-state index in [0.717, 1.165) is 22.4 Å². The minimum absolute atomic E-state index is 0.151. The van der Waals surface area contributed by atoms with Crippen LogP contribution in [0.4, 0.5) is 5.82 Å². The molecule has 0 bridgehead atoms. The molecule has 2 heterocycles. The van der Waals surface area contributed by atoms with Gasteiger partial charge in [0.1, 0.15) is 23.5 Å². The first-order valence-corrected chi connectivity index (χ1v) is 8.96. The van der Waals surface area contributed by atoms with Crippen molar-refractivity contribution in [3.05, 3.63) is 70.5 Å². The maximum Gasteiger partial charge on any atom is 0.263 e. The van der Waals surface area contributed by atoms with Gasteiger partial charge in [0.15, 0.2) is 6.61 Å². The second-order valence-electron chi connectivity index (χ2n) is 6.63. The van der Waals surface area contributed by atoms with E-state index >= 15 is 0 Å². The summed E-state index contributed by atoms with van der Waals surface area (Å²) < 4.78 is 7.52. The fourth-order valence-electron chi connectivity index (χ4n) is 3.17. The van der Waals surface area contributed by atoms with Gasteiger partial charge in [0.2, 0.25) is 0 Å². The minimum Gasteiger partial charge on any atom is -0.483 e. The van der Waals surface area contributed by atoms with Crippen molar-refractivity contribution < 1.29 is 9.53 Å². The van der Waals surface area contributed by atoms with E-state index in [0.29, 0.717) is 22.9 Å². The van der Waals surface area contributed by atoms with E-state index in [9.17, 15) is 10.1 Å². The lowest BCUT2D eigenvalue weighted by atomic mass is 10.1.